The maximum Gasteiger partial charge on any atom is 0.112 e. The second-order valence-electron chi connectivity index (χ2n) is 5.34. The van der Waals surface area contributed by atoms with Crippen molar-refractivity contribution in [2.24, 2.45) is 7.05 Å². The van der Waals surface area contributed by atoms with E-state index in [1.54, 1.807) is 0 Å². The van der Waals surface area contributed by atoms with Gasteiger partial charge in [-0.3, -0.25) is 0 Å². The lowest BCUT2D eigenvalue weighted by Gasteiger charge is -2.14. The van der Waals surface area contributed by atoms with Gasteiger partial charge in [-0.15, -0.1) is 0 Å². The first-order chi connectivity index (χ1) is 9.38. The highest BCUT2D eigenvalue weighted by Gasteiger charge is 2.19. The number of hydrogen-bond donors (Lipinski definition) is 1. The standard InChI is InChI=1S/C16H21BrN2O/c1-9-8-10(2)12(4)14(11(9)3)15-16(17)19(5)13(18-15)6-7-20/h8,20H,6-7H2,1-5H3. The number of aromatic nitrogens is 2. The van der Waals surface area contributed by atoms with E-state index in [0.29, 0.717) is 6.42 Å². The smallest absolute Gasteiger partial charge is 0.112 e. The largest absolute Gasteiger partial charge is 0.396 e. The molecule has 1 aromatic carbocycles. The SMILES string of the molecule is Cc1cc(C)c(C)c(-c2nc(CCO)n(C)c2Br)c1C. The third-order valence-electron chi connectivity index (χ3n) is 4.06. The molecular formula is C16H21BrN2O. The molecule has 0 saturated heterocycles. The first-order valence-electron chi connectivity index (χ1n) is 6.78. The number of aliphatic hydroxyl groups excluding tert-OH is 1. The molecule has 0 fully saturated rings. The topological polar surface area (TPSA) is 38.1 Å². The summed E-state index contributed by atoms with van der Waals surface area (Å²) >= 11 is 3.64. The predicted molar refractivity (Wildman–Crippen MR) is 86.1 cm³/mol. The van der Waals surface area contributed by atoms with Gasteiger partial charge < -0.3 is 9.67 Å². The van der Waals surface area contributed by atoms with E-state index in [1.807, 2.05) is 11.6 Å². The zero-order valence-corrected chi connectivity index (χ0v) is 14.3. The van der Waals surface area contributed by atoms with Crippen molar-refractivity contribution in [3.63, 3.8) is 0 Å². The lowest BCUT2D eigenvalue weighted by atomic mass is 9.93. The van der Waals surface area contributed by atoms with Crippen molar-refractivity contribution in [3.05, 3.63) is 38.7 Å². The number of halogens is 1. The number of aryl methyl sites for hydroxylation is 2. The molecule has 4 heteroatoms. The van der Waals surface area contributed by atoms with Gasteiger partial charge in [0.05, 0.1) is 6.61 Å². The molecule has 0 spiro atoms. The molecule has 0 saturated carbocycles. The van der Waals surface area contributed by atoms with Crippen LogP contribution in [0.3, 0.4) is 0 Å². The minimum atomic E-state index is 0.113. The van der Waals surface area contributed by atoms with E-state index in [9.17, 15) is 0 Å². The van der Waals surface area contributed by atoms with Gasteiger partial charge in [0.25, 0.3) is 0 Å². The van der Waals surface area contributed by atoms with E-state index in [4.69, 9.17) is 10.1 Å². The first-order valence-corrected chi connectivity index (χ1v) is 7.57. The average Bonchev–Trinajstić information content (AvgIpc) is 2.66. The second-order valence-corrected chi connectivity index (χ2v) is 6.09. The van der Waals surface area contributed by atoms with Gasteiger partial charge in [0.1, 0.15) is 16.1 Å². The lowest BCUT2D eigenvalue weighted by Crippen LogP contribution is -2.00. The van der Waals surface area contributed by atoms with E-state index in [0.717, 1.165) is 16.1 Å². The Kier molecular flexibility index (Phi) is 4.35. The summed E-state index contributed by atoms with van der Waals surface area (Å²) in [6.07, 6.45) is 0.567. The van der Waals surface area contributed by atoms with Crippen molar-refractivity contribution in [1.29, 1.82) is 0 Å². The number of rotatable bonds is 3. The Labute approximate surface area is 128 Å². The summed E-state index contributed by atoms with van der Waals surface area (Å²) in [5.74, 6) is 0.896. The third-order valence-corrected chi connectivity index (χ3v) is 4.96. The molecule has 1 aromatic heterocycles. The summed E-state index contributed by atoms with van der Waals surface area (Å²) in [4.78, 5) is 4.73. The van der Waals surface area contributed by atoms with Crippen molar-refractivity contribution >= 4 is 15.9 Å². The van der Waals surface area contributed by atoms with Crippen molar-refractivity contribution in [3.8, 4) is 11.3 Å². The number of nitrogens with zero attached hydrogens (tertiary/aromatic N) is 2. The maximum absolute atomic E-state index is 9.14. The summed E-state index contributed by atoms with van der Waals surface area (Å²) < 4.78 is 2.97. The highest BCUT2D eigenvalue weighted by atomic mass is 79.9. The summed E-state index contributed by atoms with van der Waals surface area (Å²) in [5.41, 5.74) is 7.27. The van der Waals surface area contributed by atoms with Gasteiger partial charge in [-0.05, 0) is 65.9 Å². The number of hydrogen-bond acceptors (Lipinski definition) is 2. The average molecular weight is 337 g/mol. The lowest BCUT2D eigenvalue weighted by molar-refractivity contribution is 0.295. The van der Waals surface area contributed by atoms with E-state index in [1.165, 1.54) is 27.8 Å². The van der Waals surface area contributed by atoms with Crippen LogP contribution < -0.4 is 0 Å². The summed E-state index contributed by atoms with van der Waals surface area (Å²) in [6, 6.07) is 2.22. The van der Waals surface area contributed by atoms with E-state index in [-0.39, 0.29) is 6.61 Å². The number of aliphatic hydroxyl groups is 1. The van der Waals surface area contributed by atoms with Crippen LogP contribution in [-0.4, -0.2) is 21.3 Å². The molecule has 20 heavy (non-hydrogen) atoms. The molecule has 1 heterocycles. The summed E-state index contributed by atoms with van der Waals surface area (Å²) in [6.45, 7) is 8.67. The van der Waals surface area contributed by atoms with Crippen molar-refractivity contribution < 1.29 is 5.11 Å². The highest BCUT2D eigenvalue weighted by Crippen LogP contribution is 2.35. The Balaban J connectivity index is 2.72. The molecule has 0 bridgehead atoms. The van der Waals surface area contributed by atoms with Crippen LogP contribution in [0.2, 0.25) is 0 Å². The van der Waals surface area contributed by atoms with Crippen molar-refractivity contribution in [2.75, 3.05) is 6.61 Å². The Hall–Kier alpha value is -1.13. The Morgan fingerprint density at radius 3 is 2.20 bits per heavy atom. The molecule has 0 aliphatic heterocycles. The molecule has 0 radical (unpaired) electrons. The normalized spacial score (nSPS) is 11.2. The summed E-state index contributed by atoms with van der Waals surface area (Å²) in [5, 5.41) is 9.14. The van der Waals surface area contributed by atoms with E-state index >= 15 is 0 Å². The quantitative estimate of drug-likeness (QED) is 0.929. The van der Waals surface area contributed by atoms with Gasteiger partial charge in [-0.1, -0.05) is 6.07 Å². The van der Waals surface area contributed by atoms with Crippen LogP contribution in [0.15, 0.2) is 10.7 Å². The fourth-order valence-corrected chi connectivity index (χ4v) is 3.07. The van der Waals surface area contributed by atoms with Crippen LogP contribution in [0, 0.1) is 27.7 Å². The molecule has 0 aliphatic rings. The Morgan fingerprint density at radius 2 is 1.70 bits per heavy atom. The van der Waals surface area contributed by atoms with Crippen LogP contribution in [0.25, 0.3) is 11.3 Å². The molecule has 0 atom stereocenters. The summed E-state index contributed by atoms with van der Waals surface area (Å²) in [7, 11) is 1.97. The zero-order valence-electron chi connectivity index (χ0n) is 12.7. The molecule has 108 valence electrons. The molecule has 3 nitrogen and oxygen atoms in total. The first kappa shape index (κ1) is 15.3. The van der Waals surface area contributed by atoms with Crippen molar-refractivity contribution in [1.82, 2.24) is 9.55 Å². The van der Waals surface area contributed by atoms with Gasteiger partial charge in [0.2, 0.25) is 0 Å². The van der Waals surface area contributed by atoms with Crippen LogP contribution >= 0.6 is 15.9 Å². The molecule has 2 aromatic rings. The molecule has 1 N–H and O–H groups in total. The van der Waals surface area contributed by atoms with E-state index in [2.05, 4.69) is 49.7 Å². The van der Waals surface area contributed by atoms with Gasteiger partial charge in [-0.25, -0.2) is 4.98 Å². The predicted octanol–water partition coefficient (Wildman–Crippen LogP) is 3.62. The van der Waals surface area contributed by atoms with Gasteiger partial charge in [-0.2, -0.15) is 0 Å². The monoisotopic (exact) mass is 336 g/mol. The zero-order chi connectivity index (χ0) is 15.0. The Morgan fingerprint density at radius 1 is 1.15 bits per heavy atom. The molecule has 0 aliphatic carbocycles. The van der Waals surface area contributed by atoms with Gasteiger partial charge in [0, 0.05) is 19.0 Å². The minimum absolute atomic E-state index is 0.113. The minimum Gasteiger partial charge on any atom is -0.396 e. The second kappa shape index (κ2) is 5.70. The van der Waals surface area contributed by atoms with Crippen LogP contribution in [-0.2, 0) is 13.5 Å². The number of benzene rings is 1. The Bertz CT molecular complexity index is 633. The van der Waals surface area contributed by atoms with Crippen LogP contribution in [0.4, 0.5) is 0 Å². The molecule has 2 rings (SSSR count). The van der Waals surface area contributed by atoms with Crippen LogP contribution in [0.1, 0.15) is 28.1 Å². The van der Waals surface area contributed by atoms with Gasteiger partial charge in [0.15, 0.2) is 0 Å². The van der Waals surface area contributed by atoms with E-state index < -0.39 is 0 Å². The molecule has 0 amide bonds. The van der Waals surface area contributed by atoms with Gasteiger partial charge >= 0.3 is 0 Å². The highest BCUT2D eigenvalue weighted by molar-refractivity contribution is 9.10. The van der Waals surface area contributed by atoms with Crippen LogP contribution in [0.5, 0.6) is 0 Å². The number of imidazole rings is 1. The third kappa shape index (κ3) is 2.42. The molecular weight excluding hydrogens is 316 g/mol. The molecule has 0 unspecified atom stereocenters. The fraction of sp³-hybridized carbons (Fsp3) is 0.438. The fourth-order valence-electron chi connectivity index (χ4n) is 2.58. The maximum atomic E-state index is 9.14. The van der Waals surface area contributed by atoms with Crippen molar-refractivity contribution in [2.45, 2.75) is 34.1 Å².